The van der Waals surface area contributed by atoms with Gasteiger partial charge in [0.1, 0.15) is 41.9 Å². The molecule has 7 rings (SSSR count). The molecule has 2 aliphatic rings. The van der Waals surface area contributed by atoms with Crippen LogP contribution in [0.15, 0.2) is 146 Å². The van der Waals surface area contributed by atoms with Gasteiger partial charge < -0.3 is 38.3 Å². The zero-order chi connectivity index (χ0) is 37.4. The molecule has 2 aliphatic heterocycles. The molecule has 2 fully saturated rings. The first-order chi connectivity index (χ1) is 26.4. The van der Waals surface area contributed by atoms with E-state index in [-0.39, 0.29) is 13.2 Å². The van der Waals surface area contributed by atoms with Gasteiger partial charge in [0, 0.05) is 6.61 Å². The summed E-state index contributed by atoms with van der Waals surface area (Å²) in [5.41, 5.74) is 4.04. The maximum atomic E-state index is 10.2. The van der Waals surface area contributed by atoms with Crippen molar-refractivity contribution in [2.45, 2.75) is 81.5 Å². The zero-order valence-corrected chi connectivity index (χ0v) is 31.2. The van der Waals surface area contributed by atoms with Crippen LogP contribution < -0.4 is 4.74 Å². The first-order valence-electron chi connectivity index (χ1n) is 18.7. The molecular formula is C46H50O8. The van der Waals surface area contributed by atoms with Crippen molar-refractivity contribution in [2.24, 2.45) is 0 Å². The van der Waals surface area contributed by atoms with Crippen molar-refractivity contribution in [1.82, 2.24) is 0 Å². The molecule has 2 saturated heterocycles. The number of hydrogen-bond donors (Lipinski definition) is 1. The van der Waals surface area contributed by atoms with Crippen molar-refractivity contribution < 1.29 is 38.3 Å². The lowest BCUT2D eigenvalue weighted by molar-refractivity contribution is -0.169. The van der Waals surface area contributed by atoms with Gasteiger partial charge in [0.2, 0.25) is 0 Å². The molecule has 8 heteroatoms. The molecule has 0 bridgehead atoms. The summed E-state index contributed by atoms with van der Waals surface area (Å²) in [5.74, 6) is -0.162. The molecule has 0 spiro atoms. The highest BCUT2D eigenvalue weighted by molar-refractivity contribution is 5.47. The summed E-state index contributed by atoms with van der Waals surface area (Å²) in [4.78, 5) is 0. The third-order valence-electron chi connectivity index (χ3n) is 10.2. The molecule has 0 aromatic heterocycles. The molecule has 0 amide bonds. The number of benzene rings is 5. The van der Waals surface area contributed by atoms with E-state index in [0.717, 1.165) is 33.6 Å². The van der Waals surface area contributed by atoms with E-state index in [4.69, 9.17) is 33.2 Å². The molecule has 0 radical (unpaired) electrons. The molecular weight excluding hydrogens is 680 g/mol. The Kier molecular flexibility index (Phi) is 12.2. The van der Waals surface area contributed by atoms with E-state index in [1.165, 1.54) is 0 Å². The second-order valence-corrected chi connectivity index (χ2v) is 14.3. The van der Waals surface area contributed by atoms with Gasteiger partial charge >= 0.3 is 0 Å². The van der Waals surface area contributed by atoms with E-state index in [1.54, 1.807) is 7.11 Å². The summed E-state index contributed by atoms with van der Waals surface area (Å²) in [5, 5.41) is 10.2. The van der Waals surface area contributed by atoms with Gasteiger partial charge in [0.25, 0.3) is 0 Å². The fourth-order valence-electron chi connectivity index (χ4n) is 7.70. The molecule has 282 valence electrons. The highest BCUT2D eigenvalue weighted by Crippen LogP contribution is 2.44. The molecule has 1 N–H and O–H groups in total. The molecule has 5 aromatic carbocycles. The molecule has 6 atom stereocenters. The Morgan fingerprint density at radius 3 is 1.61 bits per heavy atom. The molecule has 8 nitrogen and oxygen atoms in total. The normalized spacial score (nSPS) is 23.7. The third-order valence-corrected chi connectivity index (χ3v) is 10.2. The SMILES string of the molecule is COc1ccc(CO[C@H]2[C@H](OCc3ccccc3)[C@H]([C@H]3OC(C)(C)O[C@H]3COC(c3ccccc3)(c3ccccc3)c3ccccc3)O[C@@H]2CCO)cc1. The lowest BCUT2D eigenvalue weighted by atomic mass is 9.80. The first kappa shape index (κ1) is 37.9. The Morgan fingerprint density at radius 1 is 0.593 bits per heavy atom. The summed E-state index contributed by atoms with van der Waals surface area (Å²) >= 11 is 0. The number of aliphatic hydroxyl groups excluding tert-OH is 1. The van der Waals surface area contributed by atoms with Crippen molar-refractivity contribution >= 4 is 0 Å². The Hall–Kier alpha value is -4.38. The second kappa shape index (κ2) is 17.4. The molecule has 5 aromatic rings. The Morgan fingerprint density at radius 2 is 1.09 bits per heavy atom. The topological polar surface area (TPSA) is 84.8 Å². The number of aliphatic hydroxyl groups is 1. The van der Waals surface area contributed by atoms with Gasteiger partial charge in [-0.05, 0) is 60.2 Å². The van der Waals surface area contributed by atoms with Crippen LogP contribution in [0, 0.1) is 0 Å². The first-order valence-corrected chi connectivity index (χ1v) is 18.7. The van der Waals surface area contributed by atoms with E-state index >= 15 is 0 Å². The summed E-state index contributed by atoms with van der Waals surface area (Å²) in [7, 11) is 1.65. The Labute approximate surface area is 318 Å². The predicted octanol–water partition coefficient (Wildman–Crippen LogP) is 7.84. The lowest BCUT2D eigenvalue weighted by Gasteiger charge is -2.37. The van der Waals surface area contributed by atoms with Crippen LogP contribution in [-0.4, -0.2) is 67.8 Å². The largest absolute Gasteiger partial charge is 0.497 e. The highest BCUT2D eigenvalue weighted by atomic mass is 16.8. The summed E-state index contributed by atoms with van der Waals surface area (Å²) in [6, 6.07) is 48.7. The molecule has 2 heterocycles. The fourth-order valence-corrected chi connectivity index (χ4v) is 7.70. The molecule has 0 saturated carbocycles. The van der Waals surface area contributed by atoms with E-state index in [9.17, 15) is 5.11 Å². The highest BCUT2D eigenvalue weighted by Gasteiger charge is 2.56. The predicted molar refractivity (Wildman–Crippen MR) is 206 cm³/mol. The van der Waals surface area contributed by atoms with Crippen molar-refractivity contribution in [3.8, 4) is 5.75 Å². The van der Waals surface area contributed by atoms with Crippen LogP contribution in [0.2, 0.25) is 0 Å². The summed E-state index contributed by atoms with van der Waals surface area (Å²) in [6.45, 7) is 4.61. The number of rotatable bonds is 16. The van der Waals surface area contributed by atoms with Crippen LogP contribution in [-0.2, 0) is 47.2 Å². The van der Waals surface area contributed by atoms with Crippen LogP contribution in [0.1, 0.15) is 48.1 Å². The van der Waals surface area contributed by atoms with Crippen molar-refractivity contribution in [2.75, 3.05) is 20.3 Å². The second-order valence-electron chi connectivity index (χ2n) is 14.3. The Bertz CT molecular complexity index is 1760. The maximum Gasteiger partial charge on any atom is 0.164 e. The quantitative estimate of drug-likeness (QED) is 0.103. The summed E-state index contributed by atoms with van der Waals surface area (Å²) < 4.78 is 46.3. The smallest absolute Gasteiger partial charge is 0.164 e. The van der Waals surface area contributed by atoms with Gasteiger partial charge in [-0.1, -0.05) is 133 Å². The average Bonchev–Trinajstić information content (AvgIpc) is 3.72. The van der Waals surface area contributed by atoms with Gasteiger partial charge in [0.05, 0.1) is 33.0 Å². The minimum Gasteiger partial charge on any atom is -0.497 e. The third kappa shape index (κ3) is 8.46. The monoisotopic (exact) mass is 730 g/mol. The number of hydrogen-bond acceptors (Lipinski definition) is 8. The van der Waals surface area contributed by atoms with Crippen LogP contribution in [0.3, 0.4) is 0 Å². The van der Waals surface area contributed by atoms with Gasteiger partial charge in [-0.3, -0.25) is 0 Å². The summed E-state index contributed by atoms with van der Waals surface area (Å²) in [6.07, 6.45) is -2.86. The minimum atomic E-state index is -0.951. The van der Waals surface area contributed by atoms with Gasteiger partial charge in [-0.2, -0.15) is 0 Å². The van der Waals surface area contributed by atoms with Crippen molar-refractivity contribution in [3.05, 3.63) is 173 Å². The van der Waals surface area contributed by atoms with Gasteiger partial charge in [-0.15, -0.1) is 0 Å². The van der Waals surface area contributed by atoms with Crippen LogP contribution in [0.25, 0.3) is 0 Å². The van der Waals surface area contributed by atoms with Crippen LogP contribution >= 0.6 is 0 Å². The van der Waals surface area contributed by atoms with Crippen LogP contribution in [0.4, 0.5) is 0 Å². The van der Waals surface area contributed by atoms with E-state index in [0.29, 0.717) is 19.6 Å². The van der Waals surface area contributed by atoms with E-state index < -0.39 is 48.0 Å². The van der Waals surface area contributed by atoms with Crippen LogP contribution in [0.5, 0.6) is 5.75 Å². The van der Waals surface area contributed by atoms with Gasteiger partial charge in [0.15, 0.2) is 5.79 Å². The van der Waals surface area contributed by atoms with E-state index in [2.05, 4.69) is 36.4 Å². The molecule has 0 aliphatic carbocycles. The van der Waals surface area contributed by atoms with Gasteiger partial charge in [-0.25, -0.2) is 0 Å². The molecule has 54 heavy (non-hydrogen) atoms. The molecule has 0 unspecified atom stereocenters. The average molecular weight is 731 g/mol. The maximum absolute atomic E-state index is 10.2. The van der Waals surface area contributed by atoms with Crippen molar-refractivity contribution in [3.63, 3.8) is 0 Å². The standard InChI is InChI=1S/C46H50O8/c1-45(2)53-40(32-51-46(35-18-10-5-11-19-35,36-20-12-6-13-21-36)37-22-14-7-15-23-37)42(54-45)44-43(50-30-33-16-8-4-9-17-33)41(39(52-44)28-29-47)49-31-34-24-26-38(48-3)27-25-34/h4-27,39-44,47H,28-32H2,1-3H3/t39-,40+,41-,42+,43+,44+/m1/s1. The Balaban J connectivity index is 1.22. The minimum absolute atomic E-state index is 0.0704. The van der Waals surface area contributed by atoms with Crippen molar-refractivity contribution in [1.29, 1.82) is 0 Å². The fraction of sp³-hybridized carbons (Fsp3) is 0.348. The van der Waals surface area contributed by atoms with E-state index in [1.807, 2.05) is 123 Å². The zero-order valence-electron chi connectivity index (χ0n) is 31.2. The number of methoxy groups -OCH3 is 1. The number of ether oxygens (including phenoxy) is 7. The lowest BCUT2D eigenvalue weighted by Crippen LogP contribution is -2.48.